The van der Waals surface area contributed by atoms with Gasteiger partial charge in [-0.3, -0.25) is 4.79 Å². The lowest BCUT2D eigenvalue weighted by atomic mass is 9.81. The number of benzene rings is 5. The summed E-state index contributed by atoms with van der Waals surface area (Å²) in [6, 6.07) is 29.5. The fourth-order valence-corrected chi connectivity index (χ4v) is 6.84. The Kier molecular flexibility index (Phi) is 7.22. The van der Waals surface area contributed by atoms with Crippen LogP contribution in [0.3, 0.4) is 0 Å². The van der Waals surface area contributed by atoms with E-state index in [9.17, 15) is 9.90 Å². The molecule has 41 heavy (non-hydrogen) atoms. The molecule has 1 aliphatic heterocycles. The van der Waals surface area contributed by atoms with E-state index in [2.05, 4.69) is 116 Å². The van der Waals surface area contributed by atoms with E-state index >= 15 is 0 Å². The predicted molar refractivity (Wildman–Crippen MR) is 171 cm³/mol. The highest BCUT2D eigenvalue weighted by atomic mass is 32.2. The van der Waals surface area contributed by atoms with Crippen LogP contribution in [0.25, 0.3) is 33.0 Å². The molecule has 6 rings (SSSR count). The lowest BCUT2D eigenvalue weighted by molar-refractivity contribution is -0.136. The molecule has 0 atom stereocenters. The van der Waals surface area contributed by atoms with Crippen LogP contribution in [-0.2, 0) is 24.4 Å². The summed E-state index contributed by atoms with van der Waals surface area (Å²) in [6.45, 7) is 7.50. The molecule has 1 N–H and O–H groups in total. The Bertz CT molecular complexity index is 1790. The lowest BCUT2D eigenvalue weighted by Gasteiger charge is -2.36. The highest BCUT2D eigenvalue weighted by Crippen LogP contribution is 2.50. The molecule has 0 saturated carbocycles. The maximum atomic E-state index is 12.1. The second kappa shape index (κ2) is 11.0. The monoisotopic (exact) mass is 559 g/mol. The van der Waals surface area contributed by atoms with E-state index in [4.69, 9.17) is 4.74 Å². The largest absolute Gasteiger partial charge is 0.489 e. The number of carbonyl (C=O) groups is 1. The second-order valence-electron chi connectivity index (χ2n) is 10.7. The Morgan fingerprint density at radius 2 is 1.66 bits per heavy atom. The average molecular weight is 560 g/mol. The molecular formula is C36H33NO3S. The highest BCUT2D eigenvalue weighted by Gasteiger charge is 2.30. The number of nitrogens with zero attached hydrogens (tertiary/aromatic N) is 1. The minimum Gasteiger partial charge on any atom is -0.489 e. The third-order valence-electron chi connectivity index (χ3n) is 8.17. The van der Waals surface area contributed by atoms with Crippen LogP contribution in [-0.4, -0.2) is 17.3 Å². The van der Waals surface area contributed by atoms with Gasteiger partial charge < -0.3 is 14.1 Å². The first-order valence-corrected chi connectivity index (χ1v) is 15.0. The molecule has 1 heterocycles. The molecule has 0 bridgehead atoms. The number of carboxylic acids is 1. The number of hydrogen-bond acceptors (Lipinski definition) is 4. The number of ether oxygens (including phenoxy) is 1. The molecule has 0 radical (unpaired) electrons. The van der Waals surface area contributed by atoms with Gasteiger partial charge in [-0.05, 0) is 88.2 Å². The number of carboxylic acid groups (broad SMARTS) is 1. The topological polar surface area (TPSA) is 49.8 Å². The summed E-state index contributed by atoms with van der Waals surface area (Å²) in [6.07, 6.45) is 2.06. The average Bonchev–Trinajstić information content (AvgIpc) is 2.98. The first-order chi connectivity index (χ1) is 19.9. The lowest BCUT2D eigenvalue weighted by Crippen LogP contribution is -2.22. The van der Waals surface area contributed by atoms with E-state index < -0.39 is 5.97 Å². The minimum absolute atomic E-state index is 0.0214. The first-order valence-electron chi connectivity index (χ1n) is 13.8. The van der Waals surface area contributed by atoms with Crippen LogP contribution in [0.5, 0.6) is 5.75 Å². The molecule has 1 aliphatic rings. The van der Waals surface area contributed by atoms with Crippen molar-refractivity contribution in [2.24, 2.45) is 0 Å². The van der Waals surface area contributed by atoms with Crippen LogP contribution in [0.1, 0.15) is 33.4 Å². The van der Waals surface area contributed by atoms with Gasteiger partial charge in [0.1, 0.15) is 12.4 Å². The third-order valence-corrected chi connectivity index (χ3v) is 8.93. The van der Waals surface area contributed by atoms with Crippen LogP contribution in [0.2, 0.25) is 0 Å². The van der Waals surface area contributed by atoms with Gasteiger partial charge >= 0.3 is 5.97 Å². The molecule has 0 amide bonds. The molecule has 0 spiro atoms. The van der Waals surface area contributed by atoms with Gasteiger partial charge in [-0.1, -0.05) is 90.3 Å². The zero-order chi connectivity index (χ0) is 28.7. The van der Waals surface area contributed by atoms with Crippen molar-refractivity contribution in [2.75, 3.05) is 10.6 Å². The number of fused-ring (bicyclic) bond motifs is 4. The van der Waals surface area contributed by atoms with E-state index in [-0.39, 0.29) is 6.42 Å². The summed E-state index contributed by atoms with van der Waals surface area (Å²) >= 11 is 1.67. The van der Waals surface area contributed by atoms with Gasteiger partial charge in [0, 0.05) is 11.8 Å². The van der Waals surface area contributed by atoms with Crippen molar-refractivity contribution in [1.82, 2.24) is 0 Å². The van der Waals surface area contributed by atoms with Crippen LogP contribution >= 0.6 is 11.9 Å². The van der Waals surface area contributed by atoms with Crippen molar-refractivity contribution >= 4 is 34.4 Å². The number of rotatable bonds is 7. The molecule has 0 aromatic heterocycles. The zero-order valence-electron chi connectivity index (χ0n) is 23.8. The Morgan fingerprint density at radius 3 is 2.41 bits per heavy atom. The van der Waals surface area contributed by atoms with E-state index in [1.165, 1.54) is 21.9 Å². The van der Waals surface area contributed by atoms with Gasteiger partial charge in [-0.25, -0.2) is 0 Å². The Balaban J connectivity index is 1.49. The van der Waals surface area contributed by atoms with Gasteiger partial charge in [-0.15, -0.1) is 0 Å². The van der Waals surface area contributed by atoms with Gasteiger partial charge in [-0.2, -0.15) is 0 Å². The molecule has 0 aliphatic carbocycles. The van der Waals surface area contributed by atoms with Gasteiger partial charge in [0.2, 0.25) is 0 Å². The molecule has 0 unspecified atom stereocenters. The smallest absolute Gasteiger partial charge is 0.307 e. The summed E-state index contributed by atoms with van der Waals surface area (Å²) in [5.74, 6) is 0.000585. The second-order valence-corrected chi connectivity index (χ2v) is 11.5. The van der Waals surface area contributed by atoms with Gasteiger partial charge in [0.05, 0.1) is 18.7 Å². The van der Waals surface area contributed by atoms with Crippen molar-refractivity contribution in [3.8, 4) is 28.0 Å². The quantitative estimate of drug-likeness (QED) is 0.202. The molecule has 0 saturated heterocycles. The van der Waals surface area contributed by atoms with Crippen LogP contribution < -0.4 is 9.04 Å². The summed E-state index contributed by atoms with van der Waals surface area (Å²) in [7, 11) is 0. The van der Waals surface area contributed by atoms with Crippen LogP contribution in [0, 0.1) is 20.8 Å². The molecule has 0 fully saturated rings. The van der Waals surface area contributed by atoms with E-state index in [0.717, 1.165) is 62.5 Å². The van der Waals surface area contributed by atoms with Crippen molar-refractivity contribution < 1.29 is 14.6 Å². The maximum Gasteiger partial charge on any atom is 0.307 e. The first kappa shape index (κ1) is 27.0. The fraction of sp³-hybridized carbons (Fsp3) is 0.194. The van der Waals surface area contributed by atoms with Crippen molar-refractivity contribution in [3.63, 3.8) is 0 Å². The number of anilines is 1. The third kappa shape index (κ3) is 4.95. The van der Waals surface area contributed by atoms with Crippen molar-refractivity contribution in [1.29, 1.82) is 0 Å². The molecule has 5 aromatic carbocycles. The Hall–Kier alpha value is -4.22. The maximum absolute atomic E-state index is 12.1. The summed E-state index contributed by atoms with van der Waals surface area (Å²) < 4.78 is 8.71. The molecule has 4 nitrogen and oxygen atoms in total. The zero-order valence-corrected chi connectivity index (χ0v) is 24.6. The molecular weight excluding hydrogens is 526 g/mol. The van der Waals surface area contributed by atoms with E-state index in [1.807, 2.05) is 0 Å². The van der Waals surface area contributed by atoms with Crippen LogP contribution in [0.15, 0.2) is 84.9 Å². The Morgan fingerprint density at radius 1 is 0.902 bits per heavy atom. The van der Waals surface area contributed by atoms with E-state index in [1.54, 1.807) is 11.9 Å². The summed E-state index contributed by atoms with van der Waals surface area (Å²) in [5.41, 5.74) is 12.0. The fourth-order valence-electron chi connectivity index (χ4n) is 6.16. The number of aryl methyl sites for hydroxylation is 1. The highest BCUT2D eigenvalue weighted by molar-refractivity contribution is 7.99. The summed E-state index contributed by atoms with van der Waals surface area (Å²) in [4.78, 5) is 12.1. The minimum atomic E-state index is -0.822. The number of hydrogen-bond donors (Lipinski definition) is 1. The van der Waals surface area contributed by atoms with E-state index in [0.29, 0.717) is 6.61 Å². The summed E-state index contributed by atoms with van der Waals surface area (Å²) in [5, 5.41) is 12.3. The number of aliphatic carboxylic acids is 1. The standard InChI is InChI=1S/C36H33NO3S/c1-22-12-14-26(15-13-22)34-24(3)35-32-18-29(40-21-28-10-7-9-25-8-5-6-11-30(25)28)17-16-27(32)20-37(41-4)36(35)23(2)31(34)19-33(38)39/h5-18H,19-21H2,1-4H3,(H,38,39). The molecule has 5 heteroatoms. The SMILES string of the molecule is CSN1Cc2ccc(OCc3cccc4ccccc34)cc2-c2c(C)c(-c3ccc(C)cc3)c(CC(=O)O)c(C)c21. The van der Waals surface area contributed by atoms with Crippen molar-refractivity contribution in [3.05, 3.63) is 118 Å². The van der Waals surface area contributed by atoms with Crippen molar-refractivity contribution in [2.45, 2.75) is 40.3 Å². The van der Waals surface area contributed by atoms with Gasteiger partial charge in [0.15, 0.2) is 0 Å². The molecule has 206 valence electrons. The Labute approximate surface area is 245 Å². The molecule has 5 aromatic rings. The van der Waals surface area contributed by atoms with Crippen LogP contribution in [0.4, 0.5) is 5.69 Å². The normalized spacial score (nSPS) is 12.2. The van der Waals surface area contributed by atoms with Gasteiger partial charge in [0.25, 0.3) is 0 Å². The predicted octanol–water partition coefficient (Wildman–Crippen LogP) is 8.90.